The van der Waals surface area contributed by atoms with Crippen LogP contribution in [0.1, 0.15) is 19.8 Å². The summed E-state index contributed by atoms with van der Waals surface area (Å²) in [6, 6.07) is -1.82. The van der Waals surface area contributed by atoms with Gasteiger partial charge in [-0.25, -0.2) is 16.1 Å². The number of nitrogens with two attached hydrogens (primary N) is 2. The van der Waals surface area contributed by atoms with Gasteiger partial charge in [0.2, 0.25) is 0 Å². The van der Waals surface area contributed by atoms with Crippen LogP contribution in [0.2, 0.25) is 0 Å². The van der Waals surface area contributed by atoms with Gasteiger partial charge in [0.15, 0.2) is 0 Å². The fourth-order valence-electron chi connectivity index (χ4n) is 3.18. The molecule has 0 aliphatic carbocycles. The Bertz CT molecular complexity index is 720. The minimum Gasteiger partial charge on any atom is -0.322 e. The van der Waals surface area contributed by atoms with Crippen LogP contribution in [0.3, 0.4) is 0 Å². The fourth-order valence-corrected chi connectivity index (χ4v) is 3.55. The zero-order chi connectivity index (χ0) is 21.6. The molecule has 0 aromatic heterocycles. The normalized spacial score (nSPS) is 25.6. The second-order valence-electron chi connectivity index (χ2n) is 6.46. The number of likely N-dealkylation sites (N-methyl/N-ethyl adjacent to an activating group) is 1. The number of rotatable bonds is 9. The van der Waals surface area contributed by atoms with E-state index in [0.29, 0.717) is 18.0 Å². The fraction of sp³-hybridized carbons (Fsp3) is 0.769. The molecule has 0 aromatic rings. The number of urea groups is 1. The van der Waals surface area contributed by atoms with Gasteiger partial charge in [0.05, 0.1) is 19.2 Å². The first-order valence-electron chi connectivity index (χ1n) is 8.82. The van der Waals surface area contributed by atoms with Crippen LogP contribution in [0, 0.1) is 0 Å². The molecule has 3 amide bonds. The van der Waals surface area contributed by atoms with Crippen molar-refractivity contribution in [3.63, 3.8) is 0 Å². The highest BCUT2D eigenvalue weighted by atomic mass is 32.3. The van der Waals surface area contributed by atoms with Crippen LogP contribution in [0.5, 0.6) is 0 Å². The first kappa shape index (κ1) is 23.0. The maximum Gasteiger partial charge on any atom is 0.418 e. The van der Waals surface area contributed by atoms with E-state index in [0.717, 1.165) is 4.90 Å². The lowest BCUT2D eigenvalue weighted by molar-refractivity contribution is -0.142. The Morgan fingerprint density at radius 2 is 2.28 bits per heavy atom. The molecule has 16 heteroatoms. The van der Waals surface area contributed by atoms with Crippen LogP contribution in [0.25, 0.3) is 0 Å². The van der Waals surface area contributed by atoms with Crippen molar-refractivity contribution in [3.05, 3.63) is 0 Å². The topological polar surface area (TPSA) is 205 Å². The minimum absolute atomic E-state index is 0.0214. The summed E-state index contributed by atoms with van der Waals surface area (Å²) in [5, 5.41) is 8.41. The number of hydrogen-bond donors (Lipinski definition) is 5. The summed E-state index contributed by atoms with van der Waals surface area (Å²) >= 11 is 0. The van der Waals surface area contributed by atoms with E-state index in [1.54, 1.807) is 6.92 Å². The maximum atomic E-state index is 12.4. The van der Waals surface area contributed by atoms with Gasteiger partial charge in [0.1, 0.15) is 12.4 Å². The molecule has 0 radical (unpaired) electrons. The zero-order valence-corrected chi connectivity index (χ0v) is 16.6. The number of hydrazine groups is 1. The number of carbonyl (C=O) groups is 2. The molecule has 15 nitrogen and oxygen atoms in total. The monoisotopic (exact) mass is 438 g/mol. The Labute approximate surface area is 167 Å². The third-order valence-electron chi connectivity index (χ3n) is 4.55. The van der Waals surface area contributed by atoms with Gasteiger partial charge < -0.3 is 16.1 Å². The molecule has 2 aliphatic rings. The Morgan fingerprint density at radius 1 is 1.55 bits per heavy atom. The Kier molecular flexibility index (Phi) is 7.94. The quantitative estimate of drug-likeness (QED) is 0.0811. The van der Waals surface area contributed by atoms with Crippen molar-refractivity contribution in [1.82, 2.24) is 25.8 Å². The van der Waals surface area contributed by atoms with Gasteiger partial charge >= 0.3 is 16.4 Å². The smallest absolute Gasteiger partial charge is 0.322 e. The number of hydrazone groups is 1. The van der Waals surface area contributed by atoms with Crippen molar-refractivity contribution in [2.75, 3.05) is 26.2 Å². The van der Waals surface area contributed by atoms with Crippen molar-refractivity contribution >= 4 is 28.7 Å². The van der Waals surface area contributed by atoms with E-state index in [2.05, 4.69) is 20.2 Å². The van der Waals surface area contributed by atoms with Crippen molar-refractivity contribution in [2.45, 2.75) is 37.9 Å². The van der Waals surface area contributed by atoms with Gasteiger partial charge in [-0.3, -0.25) is 19.2 Å². The number of carbonyl (C=O) groups excluding carboxylic acids is 2. The van der Waals surface area contributed by atoms with Gasteiger partial charge in [0.25, 0.3) is 5.91 Å². The number of hydroxylamine groups is 3. The van der Waals surface area contributed by atoms with Gasteiger partial charge in [-0.2, -0.15) is 18.6 Å². The predicted octanol–water partition coefficient (Wildman–Crippen LogP) is -2.91. The Balaban J connectivity index is 1.81. The maximum absolute atomic E-state index is 12.4. The van der Waals surface area contributed by atoms with E-state index < -0.39 is 28.4 Å². The molecule has 0 spiro atoms. The summed E-state index contributed by atoms with van der Waals surface area (Å²) in [4.78, 5) is 31.0. The molecule has 2 heterocycles. The summed E-state index contributed by atoms with van der Waals surface area (Å²) in [7, 11) is -4.85. The van der Waals surface area contributed by atoms with Crippen LogP contribution < -0.4 is 22.5 Å². The van der Waals surface area contributed by atoms with Gasteiger partial charge in [-0.05, 0) is 19.8 Å². The minimum atomic E-state index is -4.85. The second-order valence-corrected chi connectivity index (χ2v) is 7.47. The van der Waals surface area contributed by atoms with E-state index in [-0.39, 0.29) is 38.2 Å². The highest BCUT2D eigenvalue weighted by molar-refractivity contribution is 7.80. The summed E-state index contributed by atoms with van der Waals surface area (Å²) < 4.78 is 34.6. The lowest BCUT2D eigenvalue weighted by Gasteiger charge is -2.38. The first-order chi connectivity index (χ1) is 13.7. The van der Waals surface area contributed by atoms with Crippen LogP contribution >= 0.6 is 0 Å². The van der Waals surface area contributed by atoms with Crippen molar-refractivity contribution in [3.8, 4) is 0 Å². The molecule has 7 N–H and O–H groups in total. The number of hydrogen-bond acceptors (Lipinski definition) is 10. The van der Waals surface area contributed by atoms with Gasteiger partial charge in [-0.1, -0.05) is 0 Å². The van der Waals surface area contributed by atoms with Crippen molar-refractivity contribution in [1.29, 1.82) is 0 Å². The second kappa shape index (κ2) is 9.99. The van der Waals surface area contributed by atoms with E-state index >= 15 is 0 Å². The molecule has 0 aromatic carbocycles. The molecule has 2 rings (SSSR count). The first-order valence-corrected chi connectivity index (χ1v) is 10.2. The summed E-state index contributed by atoms with van der Waals surface area (Å²) in [6.45, 7) is 2.29. The summed E-state index contributed by atoms with van der Waals surface area (Å²) in [6.07, 6.45) is 2.03. The lowest BCUT2D eigenvalue weighted by atomic mass is 10.1. The van der Waals surface area contributed by atoms with Crippen LogP contribution in [0.4, 0.5) is 4.79 Å². The molecule has 3 atom stereocenters. The van der Waals surface area contributed by atoms with E-state index in [9.17, 15) is 18.0 Å². The Morgan fingerprint density at radius 3 is 2.90 bits per heavy atom. The predicted molar refractivity (Wildman–Crippen MR) is 98.5 cm³/mol. The third-order valence-corrected chi connectivity index (χ3v) is 4.91. The number of nitrogens with one attached hydrogen (secondary N) is 2. The van der Waals surface area contributed by atoms with E-state index in [4.69, 9.17) is 21.1 Å². The van der Waals surface area contributed by atoms with Gasteiger partial charge in [0, 0.05) is 19.1 Å². The highest BCUT2D eigenvalue weighted by Gasteiger charge is 2.39. The molecule has 2 saturated heterocycles. The van der Waals surface area contributed by atoms with Crippen molar-refractivity contribution < 1.29 is 31.7 Å². The van der Waals surface area contributed by atoms with Crippen LogP contribution in [-0.4, -0.2) is 90.6 Å². The molecular formula is C13H26N8O7S. The van der Waals surface area contributed by atoms with Gasteiger partial charge in [-0.15, -0.1) is 4.28 Å². The van der Waals surface area contributed by atoms with E-state index in [1.807, 2.05) is 0 Å². The molecular weight excluding hydrogens is 412 g/mol. The van der Waals surface area contributed by atoms with Crippen molar-refractivity contribution in [2.24, 2.45) is 16.8 Å². The van der Waals surface area contributed by atoms with E-state index in [1.165, 1.54) is 11.3 Å². The molecule has 0 unspecified atom stereocenters. The lowest BCUT2D eigenvalue weighted by Crippen LogP contribution is -2.59. The van der Waals surface area contributed by atoms with Crippen LogP contribution in [-0.2, 0) is 24.3 Å². The molecule has 166 valence electrons. The third kappa shape index (κ3) is 6.38. The number of nitrogens with zero attached hydrogens (tertiary/aromatic N) is 4. The standard InChI is InChI=1S/C13H26N8O7S/c1-2-19-11(3-4-21(13(19)23)28-29(24,25)26)12(22)18-27-7-9-5-10(6-16-9)20(15)8-17-14/h8-11,16H,2-7,14-15H2,1H3,(H,18,22)(H,24,25,26)/b17-8-/t9-,10+,11+/m1/s1. The largest absolute Gasteiger partial charge is 0.418 e. The molecule has 0 saturated carbocycles. The average Bonchev–Trinajstić information content (AvgIpc) is 3.11. The zero-order valence-electron chi connectivity index (χ0n) is 15.8. The molecule has 2 aliphatic heterocycles. The summed E-state index contributed by atoms with van der Waals surface area (Å²) in [5.41, 5.74) is 2.31. The molecule has 2 fully saturated rings. The molecule has 29 heavy (non-hydrogen) atoms. The Hall–Kier alpha value is -2.24. The highest BCUT2D eigenvalue weighted by Crippen LogP contribution is 2.18. The SMILES string of the molecule is CCN1C(=O)N(OS(=O)(=O)O)CC[C@H]1C(=O)NOC[C@H]1C[C@H](N(N)/C=N\N)CN1. The van der Waals surface area contributed by atoms with Crippen LogP contribution in [0.15, 0.2) is 5.10 Å². The average molecular weight is 438 g/mol. The molecule has 0 bridgehead atoms. The summed E-state index contributed by atoms with van der Waals surface area (Å²) in [5.74, 6) is 10.3. The number of amides is 3.